The van der Waals surface area contributed by atoms with E-state index in [2.05, 4.69) is 22.9 Å². The van der Waals surface area contributed by atoms with Crippen LogP contribution >= 0.6 is 12.8 Å². The first kappa shape index (κ1) is 15.7. The van der Waals surface area contributed by atoms with Crippen LogP contribution in [-0.4, -0.2) is 29.9 Å². The van der Waals surface area contributed by atoms with Crippen LogP contribution in [0.4, 0.5) is 10.5 Å². The van der Waals surface area contributed by atoms with E-state index in [4.69, 9.17) is 0 Å². The van der Waals surface area contributed by atoms with E-state index < -0.39 is 0 Å². The fraction of sp³-hybridized carbons (Fsp3) is 0.467. The van der Waals surface area contributed by atoms with Gasteiger partial charge in [-0.2, -0.15) is 0 Å². The van der Waals surface area contributed by atoms with Crippen molar-refractivity contribution in [3.8, 4) is 0 Å². The molecule has 114 valence electrons. The number of hydrogen-bond donors (Lipinski definition) is 3. The van der Waals surface area contributed by atoms with Crippen molar-refractivity contribution >= 4 is 30.4 Å². The Hall–Kier alpha value is -1.69. The Bertz CT molecular complexity index is 540. The lowest BCUT2D eigenvalue weighted by atomic mass is 9.96. The Kier molecular flexibility index (Phi) is 5.12. The topological polar surface area (TPSA) is 61.4 Å². The van der Waals surface area contributed by atoms with Crippen molar-refractivity contribution < 1.29 is 9.59 Å². The van der Waals surface area contributed by atoms with Gasteiger partial charge in [-0.3, -0.25) is 4.79 Å². The summed E-state index contributed by atoms with van der Waals surface area (Å²) in [4.78, 5) is 25.5. The fourth-order valence-electron chi connectivity index (χ4n) is 2.50. The van der Waals surface area contributed by atoms with Crippen molar-refractivity contribution in [2.75, 3.05) is 18.4 Å². The van der Waals surface area contributed by atoms with Crippen LogP contribution in [0.1, 0.15) is 24.0 Å². The zero-order chi connectivity index (χ0) is 15.4. The number of benzene rings is 1. The largest absolute Gasteiger partial charge is 0.324 e. The van der Waals surface area contributed by atoms with Gasteiger partial charge in [0.1, 0.15) is 0 Å². The van der Waals surface area contributed by atoms with Crippen molar-refractivity contribution in [2.24, 2.45) is 5.92 Å². The van der Waals surface area contributed by atoms with Gasteiger partial charge >= 0.3 is 6.03 Å². The maximum atomic E-state index is 12.3. The lowest BCUT2D eigenvalue weighted by molar-refractivity contribution is -0.124. The van der Waals surface area contributed by atoms with Crippen molar-refractivity contribution in [1.82, 2.24) is 9.62 Å². The molecule has 1 aromatic rings. The third kappa shape index (κ3) is 3.91. The first-order chi connectivity index (χ1) is 10.0. The first-order valence-electron chi connectivity index (χ1n) is 7.08. The van der Waals surface area contributed by atoms with Crippen LogP contribution in [-0.2, 0) is 4.79 Å². The molecule has 21 heavy (non-hydrogen) atoms. The molecule has 6 heteroatoms. The van der Waals surface area contributed by atoms with Crippen LogP contribution in [0, 0.1) is 19.8 Å². The van der Waals surface area contributed by atoms with Gasteiger partial charge in [0.05, 0.1) is 0 Å². The van der Waals surface area contributed by atoms with Crippen molar-refractivity contribution in [3.63, 3.8) is 0 Å². The van der Waals surface area contributed by atoms with Crippen LogP contribution in [0.25, 0.3) is 0 Å². The van der Waals surface area contributed by atoms with Crippen LogP contribution in [0.5, 0.6) is 0 Å². The van der Waals surface area contributed by atoms with Gasteiger partial charge in [-0.05, 0) is 43.9 Å². The smallest absolute Gasteiger partial charge is 0.321 e. The van der Waals surface area contributed by atoms with E-state index in [0.29, 0.717) is 25.9 Å². The number of piperidine rings is 1. The molecule has 0 unspecified atom stereocenters. The van der Waals surface area contributed by atoms with Crippen LogP contribution < -0.4 is 10.0 Å². The fourth-order valence-corrected chi connectivity index (χ4v) is 2.68. The molecule has 0 atom stereocenters. The first-order valence-corrected chi connectivity index (χ1v) is 7.53. The van der Waals surface area contributed by atoms with Gasteiger partial charge in [0.25, 0.3) is 0 Å². The van der Waals surface area contributed by atoms with Crippen molar-refractivity contribution in [1.29, 1.82) is 0 Å². The molecule has 1 aliphatic heterocycles. The Morgan fingerprint density at radius 1 is 1.24 bits per heavy atom. The number of likely N-dealkylation sites (tertiary alicyclic amines) is 1. The second-order valence-corrected chi connectivity index (χ2v) is 5.71. The number of urea groups is 1. The van der Waals surface area contributed by atoms with Crippen LogP contribution in [0.15, 0.2) is 18.2 Å². The molecule has 0 spiro atoms. The van der Waals surface area contributed by atoms with Gasteiger partial charge in [0.15, 0.2) is 0 Å². The van der Waals surface area contributed by atoms with E-state index >= 15 is 0 Å². The second-order valence-electron chi connectivity index (χ2n) is 5.49. The predicted octanol–water partition coefficient (Wildman–Crippen LogP) is 2.51. The standard InChI is InChI=1S/C15H21N3O2S/c1-10-3-4-11(2)13(9-10)16-15(20)18-7-5-12(6-8-18)14(19)17-21/h3-4,9,12,21H,5-8H2,1-2H3,(H,16,20)(H,17,19). The molecule has 2 N–H and O–H groups in total. The van der Waals surface area contributed by atoms with Gasteiger partial charge in [-0.25, -0.2) is 4.79 Å². The van der Waals surface area contributed by atoms with E-state index in [1.165, 1.54) is 0 Å². The average Bonchev–Trinajstić information content (AvgIpc) is 2.50. The van der Waals surface area contributed by atoms with Crippen LogP contribution in [0.2, 0.25) is 0 Å². The van der Waals surface area contributed by atoms with Crippen LogP contribution in [0.3, 0.4) is 0 Å². The Morgan fingerprint density at radius 2 is 1.90 bits per heavy atom. The number of amides is 3. The molecule has 1 fully saturated rings. The minimum atomic E-state index is -0.103. The van der Waals surface area contributed by atoms with E-state index in [0.717, 1.165) is 16.8 Å². The highest BCUT2D eigenvalue weighted by molar-refractivity contribution is 7.78. The molecule has 1 heterocycles. The molecule has 2 rings (SSSR count). The van der Waals surface area contributed by atoms with E-state index in [-0.39, 0.29) is 17.9 Å². The zero-order valence-corrected chi connectivity index (χ0v) is 13.2. The quantitative estimate of drug-likeness (QED) is 0.735. The van der Waals surface area contributed by atoms with Gasteiger partial charge in [0, 0.05) is 24.7 Å². The number of anilines is 1. The zero-order valence-electron chi connectivity index (χ0n) is 12.3. The van der Waals surface area contributed by atoms with E-state index in [1.807, 2.05) is 32.0 Å². The molecule has 3 amide bonds. The number of aryl methyl sites for hydroxylation is 2. The third-order valence-electron chi connectivity index (χ3n) is 3.90. The summed E-state index contributed by atoms with van der Waals surface area (Å²) in [5.74, 6) is -0.111. The molecule has 1 aliphatic rings. The highest BCUT2D eigenvalue weighted by atomic mass is 32.1. The molecular weight excluding hydrogens is 286 g/mol. The Labute approximate surface area is 130 Å². The molecular formula is C15H21N3O2S. The number of nitrogens with zero attached hydrogens (tertiary/aromatic N) is 1. The summed E-state index contributed by atoms with van der Waals surface area (Å²) in [6, 6.07) is 5.88. The number of rotatable bonds is 2. The van der Waals surface area contributed by atoms with Gasteiger partial charge in [0.2, 0.25) is 5.91 Å². The Balaban J connectivity index is 1.93. The summed E-state index contributed by atoms with van der Waals surface area (Å²) in [5.41, 5.74) is 2.99. The summed E-state index contributed by atoms with van der Waals surface area (Å²) < 4.78 is 2.37. The number of hydrogen-bond acceptors (Lipinski definition) is 3. The highest BCUT2D eigenvalue weighted by Gasteiger charge is 2.27. The lowest BCUT2D eigenvalue weighted by Crippen LogP contribution is -2.43. The lowest BCUT2D eigenvalue weighted by Gasteiger charge is -2.31. The number of nitrogens with one attached hydrogen (secondary N) is 2. The second kappa shape index (κ2) is 6.85. The molecule has 0 bridgehead atoms. The number of carbonyl (C=O) groups excluding carboxylic acids is 2. The molecule has 1 aromatic carbocycles. The summed E-state index contributed by atoms with van der Waals surface area (Å²) in [5, 5.41) is 2.95. The normalized spacial score (nSPS) is 15.7. The Morgan fingerprint density at radius 3 is 2.52 bits per heavy atom. The molecule has 5 nitrogen and oxygen atoms in total. The minimum Gasteiger partial charge on any atom is -0.324 e. The number of thiol groups is 1. The highest BCUT2D eigenvalue weighted by Crippen LogP contribution is 2.20. The predicted molar refractivity (Wildman–Crippen MR) is 86.4 cm³/mol. The SMILES string of the molecule is Cc1ccc(C)c(NC(=O)N2CCC(C(=O)NS)CC2)c1. The molecule has 0 aromatic heterocycles. The third-order valence-corrected chi connectivity index (χ3v) is 4.12. The van der Waals surface area contributed by atoms with Gasteiger partial charge in [-0.1, -0.05) is 24.9 Å². The average molecular weight is 307 g/mol. The molecule has 0 saturated carbocycles. The molecule has 0 radical (unpaired) electrons. The van der Waals surface area contributed by atoms with Crippen molar-refractivity contribution in [2.45, 2.75) is 26.7 Å². The maximum absolute atomic E-state index is 12.3. The van der Waals surface area contributed by atoms with E-state index in [9.17, 15) is 9.59 Å². The molecule has 1 saturated heterocycles. The summed E-state index contributed by atoms with van der Waals surface area (Å²) >= 11 is 3.78. The van der Waals surface area contributed by atoms with Gasteiger partial charge < -0.3 is 14.9 Å². The van der Waals surface area contributed by atoms with Gasteiger partial charge in [-0.15, -0.1) is 0 Å². The molecule has 0 aliphatic carbocycles. The van der Waals surface area contributed by atoms with Crippen molar-refractivity contribution in [3.05, 3.63) is 29.3 Å². The summed E-state index contributed by atoms with van der Waals surface area (Å²) in [6.45, 7) is 5.14. The minimum absolute atomic E-state index is 0.0488. The summed E-state index contributed by atoms with van der Waals surface area (Å²) in [6.07, 6.45) is 1.35. The monoisotopic (exact) mass is 307 g/mol. The number of carbonyl (C=O) groups is 2. The summed E-state index contributed by atoms with van der Waals surface area (Å²) in [7, 11) is 0. The maximum Gasteiger partial charge on any atom is 0.321 e. The van der Waals surface area contributed by atoms with E-state index in [1.54, 1.807) is 4.90 Å².